The number of nitrogens with one attached hydrogen (secondary N) is 4. The summed E-state index contributed by atoms with van der Waals surface area (Å²) in [5.74, 6) is -2.06. The summed E-state index contributed by atoms with van der Waals surface area (Å²) in [5, 5.41) is 36.4. The molecule has 0 spiro atoms. The van der Waals surface area contributed by atoms with Crippen molar-refractivity contribution in [3.8, 4) is 33.3 Å². The number of aromatic hydroxyl groups is 1. The fourth-order valence-electron chi connectivity index (χ4n) is 8.37. The first-order valence-electron chi connectivity index (χ1n) is 22.8. The number of hydrogen-bond acceptors (Lipinski definition) is 13. The monoisotopic (exact) mass is 962 g/mol. The number of aromatic nitrogens is 2. The van der Waals surface area contributed by atoms with E-state index in [-0.39, 0.29) is 80.2 Å². The molecule has 364 valence electrons. The summed E-state index contributed by atoms with van der Waals surface area (Å²) >= 11 is 1.56. The number of aliphatic hydroxyl groups excluding tert-OH is 1. The van der Waals surface area contributed by atoms with Crippen molar-refractivity contribution in [2.45, 2.75) is 90.6 Å². The summed E-state index contributed by atoms with van der Waals surface area (Å²) in [7, 11) is 3.16. The highest BCUT2D eigenvalue weighted by Crippen LogP contribution is 2.35. The van der Waals surface area contributed by atoms with Crippen LogP contribution in [0.2, 0.25) is 0 Å². The number of ether oxygens (including phenoxy) is 1. The second-order valence-electron chi connectivity index (χ2n) is 18.6. The van der Waals surface area contributed by atoms with E-state index in [4.69, 9.17) is 9.26 Å². The maximum atomic E-state index is 14.0. The van der Waals surface area contributed by atoms with Crippen LogP contribution in [-0.2, 0) is 32.1 Å². The van der Waals surface area contributed by atoms with Crippen LogP contribution < -0.4 is 26.0 Å². The van der Waals surface area contributed by atoms with E-state index in [0.717, 1.165) is 32.8 Å². The van der Waals surface area contributed by atoms with Crippen molar-refractivity contribution in [3.63, 3.8) is 0 Å². The maximum Gasteiger partial charge on any atom is 0.273 e. The van der Waals surface area contributed by atoms with E-state index in [1.807, 2.05) is 58.0 Å². The van der Waals surface area contributed by atoms with Crippen molar-refractivity contribution in [2.75, 3.05) is 33.8 Å². The number of rotatable bonds is 17. The third kappa shape index (κ3) is 12.1. The molecule has 18 nitrogen and oxygen atoms in total. The van der Waals surface area contributed by atoms with Gasteiger partial charge in [-0.1, -0.05) is 62.3 Å². The Morgan fingerprint density at radius 1 is 0.971 bits per heavy atom. The van der Waals surface area contributed by atoms with E-state index in [1.54, 1.807) is 49.1 Å². The van der Waals surface area contributed by atoms with E-state index in [0.29, 0.717) is 24.2 Å². The molecule has 3 heterocycles. The van der Waals surface area contributed by atoms with Gasteiger partial charge in [0, 0.05) is 58.2 Å². The van der Waals surface area contributed by atoms with E-state index < -0.39 is 53.1 Å². The second kappa shape index (κ2) is 21.5. The van der Waals surface area contributed by atoms with Gasteiger partial charge in [-0.15, -0.1) is 11.3 Å². The summed E-state index contributed by atoms with van der Waals surface area (Å²) in [4.78, 5) is 87.1. The average molecular weight is 963 g/mol. The molecule has 1 saturated heterocycles. The zero-order valence-corrected chi connectivity index (χ0v) is 40.3. The number of aryl methyl sites for hydroxylation is 2. The lowest BCUT2D eigenvalue weighted by atomic mass is 9.85. The fourth-order valence-corrected chi connectivity index (χ4v) is 9.18. The molecule has 5 aromatic rings. The smallest absolute Gasteiger partial charge is 0.273 e. The third-order valence-electron chi connectivity index (χ3n) is 12.1. The van der Waals surface area contributed by atoms with Crippen molar-refractivity contribution in [2.24, 2.45) is 5.41 Å². The van der Waals surface area contributed by atoms with Gasteiger partial charge in [0.15, 0.2) is 18.1 Å². The number of β-amino-alcohol motifs (C(OH)–C–C–N with tert-alkyl or cyclic N) is 1. The molecule has 0 saturated carbocycles. The first-order valence-corrected chi connectivity index (χ1v) is 23.6. The lowest BCUT2D eigenvalue weighted by Gasteiger charge is -2.35. The first kappa shape index (κ1) is 49.8. The van der Waals surface area contributed by atoms with Gasteiger partial charge in [0.05, 0.1) is 33.8 Å². The molecule has 19 heteroatoms. The molecule has 7 rings (SSSR count). The Morgan fingerprint density at radius 3 is 2.42 bits per heavy atom. The molecule has 1 fully saturated rings. The first-order chi connectivity index (χ1) is 32.9. The number of amides is 6. The second-order valence-corrected chi connectivity index (χ2v) is 19.5. The van der Waals surface area contributed by atoms with E-state index in [9.17, 15) is 39.0 Å². The average Bonchev–Trinajstić information content (AvgIpc) is 4.15. The SMILES string of the molecule is Cc1ncsc1-c1ccc(CNC(=O)[C@@H]2C[C@@H](O)CN2C(=O)C(NC(=O)CCCNC(=O)COc2ccc3c(c2)[C@H](NC(=O)c2cc(-c4ccc(C(=O)N(C)C)c(O)c4)on2)CC3)C(C)(C)C)cc1. The lowest BCUT2D eigenvalue weighted by molar-refractivity contribution is -0.144. The van der Waals surface area contributed by atoms with E-state index in [1.165, 1.54) is 28.0 Å². The standard InChI is InChI=1S/C50H58N8O10S/c1-28-44(69-27-53-28)31-11-9-29(10-12-31)24-52-47(64)39-21-33(59)25-58(39)49(66)45(50(2,3)4)55-42(61)8-7-19-51-43(62)26-67-34-16-13-30-15-18-37(36(30)22-34)54-46(63)38-23-41(68-56-38)32-14-17-35(40(60)20-32)48(65)57(5)6/h9-14,16-17,20,22-23,27,33,37,39,45,59-60H,7-8,15,18-19,21,24-26H2,1-6H3,(H,51,62)(H,52,64)(H,54,63)(H,55,61)/t33-,37-,39+,45?/m1/s1. The van der Waals surface area contributed by atoms with Crippen LogP contribution in [0.4, 0.5) is 0 Å². The molecule has 0 bridgehead atoms. The number of fused-ring (bicyclic) bond motifs is 1. The van der Waals surface area contributed by atoms with Gasteiger partial charge in [-0.25, -0.2) is 4.98 Å². The summed E-state index contributed by atoms with van der Waals surface area (Å²) in [6, 6.07) is 16.9. The molecular formula is C50H58N8O10S. The predicted molar refractivity (Wildman–Crippen MR) is 256 cm³/mol. The molecule has 3 aromatic carbocycles. The highest BCUT2D eigenvalue weighted by molar-refractivity contribution is 7.13. The number of phenols is 1. The minimum Gasteiger partial charge on any atom is -0.507 e. The molecule has 1 unspecified atom stereocenters. The number of likely N-dealkylation sites (tertiary alicyclic amines) is 1. The minimum absolute atomic E-state index is 0.0123. The van der Waals surface area contributed by atoms with Gasteiger partial charge in [-0.3, -0.25) is 28.8 Å². The number of carbonyl (C=O) groups excluding carboxylic acids is 6. The summed E-state index contributed by atoms with van der Waals surface area (Å²) < 4.78 is 11.2. The van der Waals surface area contributed by atoms with Gasteiger partial charge in [0.1, 0.15) is 23.6 Å². The number of nitrogens with zero attached hydrogens (tertiary/aromatic N) is 4. The Bertz CT molecular complexity index is 2710. The quantitative estimate of drug-likeness (QED) is 0.0696. The fraction of sp³-hybridized carbons (Fsp3) is 0.400. The van der Waals surface area contributed by atoms with Gasteiger partial charge in [0.2, 0.25) is 17.7 Å². The number of aliphatic hydroxyl groups is 1. The van der Waals surface area contributed by atoms with Crippen molar-refractivity contribution in [1.29, 1.82) is 0 Å². The Hall–Kier alpha value is -7.12. The number of benzene rings is 3. The van der Waals surface area contributed by atoms with Crippen LogP contribution in [0.25, 0.3) is 21.8 Å². The van der Waals surface area contributed by atoms with Gasteiger partial charge in [0.25, 0.3) is 17.7 Å². The van der Waals surface area contributed by atoms with Crippen LogP contribution in [-0.4, -0.2) is 118 Å². The normalized spacial score (nSPS) is 16.9. The van der Waals surface area contributed by atoms with Crippen LogP contribution in [0.3, 0.4) is 0 Å². The number of phenolic OH excluding ortho intramolecular Hbond substituents is 1. The van der Waals surface area contributed by atoms with Crippen molar-refractivity contribution in [1.82, 2.24) is 41.2 Å². The molecule has 0 radical (unpaired) electrons. The number of carbonyl (C=O) groups is 6. The van der Waals surface area contributed by atoms with Gasteiger partial charge in [-0.05, 0) is 78.1 Å². The summed E-state index contributed by atoms with van der Waals surface area (Å²) in [6.07, 6.45) is 0.808. The van der Waals surface area contributed by atoms with Crippen molar-refractivity contribution in [3.05, 3.63) is 106 Å². The van der Waals surface area contributed by atoms with E-state index in [2.05, 4.69) is 31.4 Å². The largest absolute Gasteiger partial charge is 0.507 e. The van der Waals surface area contributed by atoms with Crippen LogP contribution in [0, 0.1) is 12.3 Å². The molecule has 1 aliphatic heterocycles. The lowest BCUT2D eigenvalue weighted by Crippen LogP contribution is -2.57. The molecule has 2 aliphatic rings. The van der Waals surface area contributed by atoms with Crippen LogP contribution >= 0.6 is 11.3 Å². The molecule has 6 N–H and O–H groups in total. The zero-order chi connectivity index (χ0) is 49.6. The van der Waals surface area contributed by atoms with Gasteiger partial charge < -0.3 is 50.5 Å². The van der Waals surface area contributed by atoms with Crippen molar-refractivity contribution < 1.29 is 48.2 Å². The molecule has 2 aromatic heterocycles. The Kier molecular flexibility index (Phi) is 15.5. The van der Waals surface area contributed by atoms with Gasteiger partial charge in [-0.2, -0.15) is 0 Å². The Labute approximate surface area is 403 Å². The molecule has 69 heavy (non-hydrogen) atoms. The van der Waals surface area contributed by atoms with Crippen molar-refractivity contribution >= 4 is 46.8 Å². The van der Waals surface area contributed by atoms with Gasteiger partial charge >= 0.3 is 0 Å². The maximum absolute atomic E-state index is 14.0. The molecule has 1 aliphatic carbocycles. The summed E-state index contributed by atoms with van der Waals surface area (Å²) in [5.41, 5.74) is 6.39. The highest BCUT2D eigenvalue weighted by atomic mass is 32.1. The number of thiazole rings is 1. The van der Waals surface area contributed by atoms with E-state index >= 15 is 0 Å². The minimum atomic E-state index is -0.986. The Morgan fingerprint density at radius 2 is 1.72 bits per heavy atom. The number of hydrogen-bond donors (Lipinski definition) is 6. The molecule has 4 atom stereocenters. The predicted octanol–water partition coefficient (Wildman–Crippen LogP) is 4.68. The molecule has 6 amide bonds. The summed E-state index contributed by atoms with van der Waals surface area (Å²) in [6.45, 7) is 7.47. The Balaban J connectivity index is 0.845. The highest BCUT2D eigenvalue weighted by Gasteiger charge is 2.44. The molecular weight excluding hydrogens is 905 g/mol. The topological polar surface area (TPSA) is 246 Å². The zero-order valence-electron chi connectivity index (χ0n) is 39.5. The van der Waals surface area contributed by atoms with Crippen LogP contribution in [0.5, 0.6) is 11.5 Å². The van der Waals surface area contributed by atoms with Crippen LogP contribution in [0.15, 0.2) is 76.8 Å². The third-order valence-corrected chi connectivity index (χ3v) is 13.1. The van der Waals surface area contributed by atoms with Crippen LogP contribution in [0.1, 0.15) is 95.7 Å².